The molecule has 0 aromatic carbocycles. The van der Waals surface area contributed by atoms with Crippen molar-refractivity contribution < 1.29 is 0 Å². The summed E-state index contributed by atoms with van der Waals surface area (Å²) in [5, 5.41) is 0. The second kappa shape index (κ2) is 4.97. The highest BCUT2D eigenvalue weighted by Crippen LogP contribution is 2.16. The van der Waals surface area contributed by atoms with E-state index in [-0.39, 0.29) is 0 Å². The summed E-state index contributed by atoms with van der Waals surface area (Å²) in [6.45, 7) is 10.4. The molecular formula is C11H24N2. The Balaban J connectivity index is 2.24. The summed E-state index contributed by atoms with van der Waals surface area (Å²) in [6, 6.07) is 0.371. The van der Waals surface area contributed by atoms with Crippen LogP contribution in [0.3, 0.4) is 0 Å². The maximum Gasteiger partial charge on any atom is 0.0193 e. The Hall–Kier alpha value is -0.0800. The van der Waals surface area contributed by atoms with Crippen molar-refractivity contribution in [1.29, 1.82) is 0 Å². The van der Waals surface area contributed by atoms with Gasteiger partial charge >= 0.3 is 0 Å². The fourth-order valence-corrected chi connectivity index (χ4v) is 1.97. The van der Waals surface area contributed by atoms with Crippen molar-refractivity contribution in [3.05, 3.63) is 0 Å². The highest BCUT2D eigenvalue weighted by atomic mass is 15.2. The van der Waals surface area contributed by atoms with E-state index in [0.717, 1.165) is 12.5 Å². The summed E-state index contributed by atoms with van der Waals surface area (Å²) in [4.78, 5) is 2.52. The second-order valence-corrected chi connectivity index (χ2v) is 4.70. The number of hydrogen-bond acceptors (Lipinski definition) is 2. The fraction of sp³-hybridized carbons (Fsp3) is 1.00. The Kier molecular flexibility index (Phi) is 4.20. The average molecular weight is 184 g/mol. The Bertz CT molecular complexity index is 147. The molecule has 0 amide bonds. The maximum atomic E-state index is 6.11. The first-order valence-corrected chi connectivity index (χ1v) is 5.61. The van der Waals surface area contributed by atoms with Crippen molar-refractivity contribution in [1.82, 2.24) is 4.90 Å². The summed E-state index contributed by atoms with van der Waals surface area (Å²) < 4.78 is 0. The third-order valence-corrected chi connectivity index (χ3v) is 3.35. The molecule has 2 N–H and O–H groups in total. The zero-order chi connectivity index (χ0) is 9.84. The zero-order valence-corrected chi connectivity index (χ0v) is 9.29. The summed E-state index contributed by atoms with van der Waals surface area (Å²) in [6.07, 6.45) is 2.55. The molecule has 0 spiro atoms. The molecule has 1 saturated heterocycles. The van der Waals surface area contributed by atoms with Crippen molar-refractivity contribution in [2.45, 2.75) is 39.7 Å². The molecule has 2 heteroatoms. The van der Waals surface area contributed by atoms with E-state index in [0.29, 0.717) is 12.0 Å². The van der Waals surface area contributed by atoms with E-state index in [1.165, 1.54) is 25.9 Å². The van der Waals surface area contributed by atoms with E-state index in [1.807, 2.05) is 0 Å². The third kappa shape index (κ3) is 3.28. The second-order valence-electron chi connectivity index (χ2n) is 4.70. The van der Waals surface area contributed by atoms with Crippen molar-refractivity contribution in [3.8, 4) is 0 Å². The number of nitrogens with two attached hydrogens (primary N) is 1. The van der Waals surface area contributed by atoms with Crippen LogP contribution in [0, 0.1) is 11.8 Å². The molecular weight excluding hydrogens is 160 g/mol. The lowest BCUT2D eigenvalue weighted by Crippen LogP contribution is -2.40. The molecule has 1 fully saturated rings. The molecule has 0 saturated carbocycles. The van der Waals surface area contributed by atoms with Crippen LogP contribution in [0.1, 0.15) is 33.6 Å². The SMILES string of the molecule is CCC(C)C(N)CN1CCC(C)C1. The molecule has 1 aliphatic rings. The zero-order valence-electron chi connectivity index (χ0n) is 9.29. The highest BCUT2D eigenvalue weighted by Gasteiger charge is 2.21. The molecule has 1 aliphatic heterocycles. The Morgan fingerprint density at radius 3 is 2.69 bits per heavy atom. The van der Waals surface area contributed by atoms with Crippen molar-refractivity contribution >= 4 is 0 Å². The Labute approximate surface area is 82.5 Å². The summed E-state index contributed by atoms with van der Waals surface area (Å²) in [7, 11) is 0. The van der Waals surface area contributed by atoms with Crippen LogP contribution in [0.25, 0.3) is 0 Å². The van der Waals surface area contributed by atoms with E-state index in [2.05, 4.69) is 25.7 Å². The molecule has 13 heavy (non-hydrogen) atoms. The van der Waals surface area contributed by atoms with E-state index in [1.54, 1.807) is 0 Å². The maximum absolute atomic E-state index is 6.11. The van der Waals surface area contributed by atoms with Crippen LogP contribution in [0.2, 0.25) is 0 Å². The number of rotatable bonds is 4. The fourth-order valence-electron chi connectivity index (χ4n) is 1.97. The first-order chi connectivity index (χ1) is 6.13. The van der Waals surface area contributed by atoms with E-state index in [9.17, 15) is 0 Å². The van der Waals surface area contributed by atoms with Gasteiger partial charge in [-0.05, 0) is 24.8 Å². The van der Waals surface area contributed by atoms with E-state index >= 15 is 0 Å². The van der Waals surface area contributed by atoms with Crippen molar-refractivity contribution in [3.63, 3.8) is 0 Å². The monoisotopic (exact) mass is 184 g/mol. The van der Waals surface area contributed by atoms with Gasteiger partial charge in [-0.25, -0.2) is 0 Å². The van der Waals surface area contributed by atoms with E-state index < -0.39 is 0 Å². The van der Waals surface area contributed by atoms with Gasteiger partial charge in [-0.1, -0.05) is 27.2 Å². The average Bonchev–Trinajstić information content (AvgIpc) is 2.49. The predicted octanol–water partition coefficient (Wildman–Crippen LogP) is 1.70. The normalized spacial score (nSPS) is 29.1. The largest absolute Gasteiger partial charge is 0.326 e. The van der Waals surface area contributed by atoms with Gasteiger partial charge in [0.15, 0.2) is 0 Å². The van der Waals surface area contributed by atoms with Crippen molar-refractivity contribution in [2.24, 2.45) is 17.6 Å². The minimum Gasteiger partial charge on any atom is -0.326 e. The lowest BCUT2D eigenvalue weighted by molar-refractivity contribution is 0.269. The van der Waals surface area contributed by atoms with Crippen LogP contribution >= 0.6 is 0 Å². The number of likely N-dealkylation sites (tertiary alicyclic amines) is 1. The van der Waals surface area contributed by atoms with Crippen LogP contribution in [0.5, 0.6) is 0 Å². The van der Waals surface area contributed by atoms with Gasteiger partial charge in [-0.2, -0.15) is 0 Å². The molecule has 0 aromatic rings. The summed E-state index contributed by atoms with van der Waals surface area (Å²) in [5.41, 5.74) is 6.11. The standard InChI is InChI=1S/C11H24N2/c1-4-10(3)11(12)8-13-6-5-9(2)7-13/h9-11H,4-8,12H2,1-3H3. The molecule has 0 radical (unpaired) electrons. The molecule has 1 heterocycles. The lowest BCUT2D eigenvalue weighted by atomic mass is 10.00. The quantitative estimate of drug-likeness (QED) is 0.720. The van der Waals surface area contributed by atoms with Gasteiger partial charge in [-0.3, -0.25) is 0 Å². The van der Waals surface area contributed by atoms with Gasteiger partial charge in [0.05, 0.1) is 0 Å². The molecule has 78 valence electrons. The van der Waals surface area contributed by atoms with Gasteiger partial charge in [-0.15, -0.1) is 0 Å². The minimum atomic E-state index is 0.371. The van der Waals surface area contributed by atoms with Crippen LogP contribution in [-0.2, 0) is 0 Å². The van der Waals surface area contributed by atoms with E-state index in [4.69, 9.17) is 5.73 Å². The molecule has 2 nitrogen and oxygen atoms in total. The van der Waals surface area contributed by atoms with Gasteiger partial charge in [0.25, 0.3) is 0 Å². The minimum absolute atomic E-state index is 0.371. The van der Waals surface area contributed by atoms with Gasteiger partial charge in [0.1, 0.15) is 0 Å². The highest BCUT2D eigenvalue weighted by molar-refractivity contribution is 4.78. The van der Waals surface area contributed by atoms with Crippen LogP contribution in [0.15, 0.2) is 0 Å². The predicted molar refractivity (Wildman–Crippen MR) is 57.7 cm³/mol. The first-order valence-electron chi connectivity index (χ1n) is 5.61. The van der Waals surface area contributed by atoms with Gasteiger partial charge in [0, 0.05) is 19.1 Å². The van der Waals surface area contributed by atoms with Crippen LogP contribution in [0.4, 0.5) is 0 Å². The smallest absolute Gasteiger partial charge is 0.0193 e. The van der Waals surface area contributed by atoms with Crippen molar-refractivity contribution in [2.75, 3.05) is 19.6 Å². The summed E-state index contributed by atoms with van der Waals surface area (Å²) in [5.74, 6) is 1.54. The topological polar surface area (TPSA) is 29.3 Å². The Morgan fingerprint density at radius 2 is 2.23 bits per heavy atom. The Morgan fingerprint density at radius 1 is 1.54 bits per heavy atom. The molecule has 0 bridgehead atoms. The van der Waals surface area contributed by atoms with Gasteiger partial charge in [0.2, 0.25) is 0 Å². The summed E-state index contributed by atoms with van der Waals surface area (Å²) >= 11 is 0. The van der Waals surface area contributed by atoms with Crippen LogP contribution < -0.4 is 5.73 Å². The number of hydrogen-bond donors (Lipinski definition) is 1. The third-order valence-electron chi connectivity index (χ3n) is 3.35. The van der Waals surface area contributed by atoms with Gasteiger partial charge < -0.3 is 10.6 Å². The molecule has 1 rings (SSSR count). The van der Waals surface area contributed by atoms with Crippen LogP contribution in [-0.4, -0.2) is 30.6 Å². The molecule has 0 aliphatic carbocycles. The lowest BCUT2D eigenvalue weighted by Gasteiger charge is -2.24. The molecule has 3 atom stereocenters. The number of nitrogens with zero attached hydrogens (tertiary/aromatic N) is 1. The molecule has 0 aromatic heterocycles. The molecule has 3 unspecified atom stereocenters. The first kappa shape index (κ1) is 11.0.